The maximum atomic E-state index is 14.4. The van der Waals surface area contributed by atoms with E-state index in [0.29, 0.717) is 0 Å². The molecule has 2 saturated heterocycles. The van der Waals surface area contributed by atoms with Gasteiger partial charge < -0.3 is 19.6 Å². The molecule has 46 heavy (non-hydrogen) atoms. The Labute approximate surface area is 267 Å². The lowest BCUT2D eigenvalue weighted by molar-refractivity contribution is 0.409. The first-order valence-electron chi connectivity index (χ1n) is 16.4. The van der Waals surface area contributed by atoms with Crippen LogP contribution in [0.4, 0.5) is 40.3 Å². The number of rotatable bonds is 4. The monoisotopic (exact) mass is 624 g/mol. The van der Waals surface area contributed by atoms with E-state index in [1.54, 1.807) is 0 Å². The van der Waals surface area contributed by atoms with Gasteiger partial charge in [0, 0.05) is 22.7 Å². The van der Waals surface area contributed by atoms with Crippen LogP contribution in [0.15, 0.2) is 109 Å². The summed E-state index contributed by atoms with van der Waals surface area (Å²) in [5, 5.41) is 0. The van der Waals surface area contributed by atoms with Crippen LogP contribution < -0.4 is 19.6 Å². The zero-order chi connectivity index (χ0) is 31.4. The van der Waals surface area contributed by atoms with E-state index in [1.165, 1.54) is 48.5 Å². The van der Waals surface area contributed by atoms with Crippen molar-refractivity contribution >= 4 is 22.7 Å². The fourth-order valence-corrected chi connectivity index (χ4v) is 8.34. The largest absolute Gasteiger partial charge is 0.320 e. The first-order valence-corrected chi connectivity index (χ1v) is 16.4. The highest BCUT2D eigenvalue weighted by molar-refractivity contribution is 5.76. The van der Waals surface area contributed by atoms with Gasteiger partial charge in [0.1, 0.15) is 23.3 Å². The third kappa shape index (κ3) is 4.89. The lowest BCUT2D eigenvalue weighted by Crippen LogP contribution is -2.40. The summed E-state index contributed by atoms with van der Waals surface area (Å²) in [6.45, 7) is 0. The molecule has 2 heterocycles. The van der Waals surface area contributed by atoms with Gasteiger partial charge >= 0.3 is 0 Å². The lowest BCUT2D eigenvalue weighted by Gasteiger charge is -2.35. The van der Waals surface area contributed by atoms with Gasteiger partial charge in [-0.2, -0.15) is 0 Å². The summed E-state index contributed by atoms with van der Waals surface area (Å²) in [7, 11) is 0. The predicted octanol–water partition coefficient (Wildman–Crippen LogP) is 9.35. The molecule has 0 N–H and O–H groups in total. The number of halogens is 4. The van der Waals surface area contributed by atoms with E-state index in [9.17, 15) is 17.6 Å². The summed E-state index contributed by atoms with van der Waals surface area (Å²) < 4.78 is 57.5. The minimum Gasteiger partial charge on any atom is -0.320 e. The molecule has 4 nitrogen and oxygen atoms in total. The van der Waals surface area contributed by atoms with Crippen LogP contribution in [0, 0.1) is 23.3 Å². The maximum Gasteiger partial charge on any atom is 0.156 e. The molecule has 4 aromatic rings. The van der Waals surface area contributed by atoms with Crippen molar-refractivity contribution in [3.63, 3.8) is 0 Å². The maximum absolute atomic E-state index is 14.4. The number of hydrogen-bond donors (Lipinski definition) is 0. The van der Waals surface area contributed by atoms with Gasteiger partial charge in [0.05, 0.1) is 24.2 Å². The second-order valence-corrected chi connectivity index (χ2v) is 12.9. The molecular formula is C38H36F4N4. The number of nitrogens with zero attached hydrogens (tertiary/aromatic N) is 4. The topological polar surface area (TPSA) is 13.0 Å². The molecule has 2 aliphatic heterocycles. The molecule has 8 rings (SSSR count). The van der Waals surface area contributed by atoms with Crippen LogP contribution in [-0.4, -0.2) is 24.2 Å². The summed E-state index contributed by atoms with van der Waals surface area (Å²) in [6.07, 6.45) is 8.02. The van der Waals surface area contributed by atoms with Crippen LogP contribution in [0.3, 0.4) is 0 Å². The van der Waals surface area contributed by atoms with Crippen LogP contribution in [-0.2, 0) is 0 Å². The molecular weight excluding hydrogens is 588 g/mol. The van der Waals surface area contributed by atoms with Crippen molar-refractivity contribution in [3.05, 3.63) is 132 Å². The van der Waals surface area contributed by atoms with Gasteiger partial charge in [-0.05, 0) is 123 Å². The van der Waals surface area contributed by atoms with Crippen molar-refractivity contribution in [1.29, 1.82) is 0 Å². The van der Waals surface area contributed by atoms with E-state index in [2.05, 4.69) is 19.6 Å². The molecule has 4 aromatic carbocycles. The molecule has 0 bridgehead atoms. The fraction of sp³-hybridized carbons (Fsp3) is 0.316. The smallest absolute Gasteiger partial charge is 0.156 e. The first-order chi connectivity index (χ1) is 22.5. The number of benzene rings is 4. The van der Waals surface area contributed by atoms with Crippen molar-refractivity contribution < 1.29 is 17.6 Å². The molecule has 8 heteroatoms. The number of hydrogen-bond acceptors (Lipinski definition) is 4. The highest BCUT2D eigenvalue weighted by Gasteiger charge is 2.53. The molecule has 4 fully saturated rings. The third-order valence-corrected chi connectivity index (χ3v) is 10.2. The minimum absolute atomic E-state index is 0.0829. The van der Waals surface area contributed by atoms with E-state index in [1.807, 2.05) is 48.5 Å². The minimum atomic E-state index is -0.305. The van der Waals surface area contributed by atoms with Gasteiger partial charge in [0.15, 0.2) is 11.6 Å². The van der Waals surface area contributed by atoms with Crippen molar-refractivity contribution in [2.75, 3.05) is 19.6 Å². The average molecular weight is 625 g/mol. The second-order valence-electron chi connectivity index (χ2n) is 12.9. The zero-order valence-electron chi connectivity index (χ0n) is 25.5. The quantitative estimate of drug-likeness (QED) is 0.210. The second kappa shape index (κ2) is 11.7. The van der Waals surface area contributed by atoms with Gasteiger partial charge in [0.25, 0.3) is 0 Å². The molecule has 0 aromatic heterocycles. The Morgan fingerprint density at radius 3 is 0.717 bits per heavy atom. The summed E-state index contributed by atoms with van der Waals surface area (Å²) in [6, 6.07) is 27.0. The number of anilines is 4. The Morgan fingerprint density at radius 2 is 0.522 bits per heavy atom. The molecule has 4 unspecified atom stereocenters. The van der Waals surface area contributed by atoms with Crippen molar-refractivity contribution in [3.8, 4) is 0 Å². The Hall–Kier alpha value is -4.46. The molecule has 2 aliphatic carbocycles. The van der Waals surface area contributed by atoms with Crippen LogP contribution in [0.1, 0.15) is 51.4 Å². The Bertz CT molecular complexity index is 1470. The van der Waals surface area contributed by atoms with Crippen LogP contribution in [0.25, 0.3) is 0 Å². The van der Waals surface area contributed by atoms with Crippen LogP contribution in [0.2, 0.25) is 0 Å². The normalized spacial score (nSPS) is 24.4. The first kappa shape index (κ1) is 29.0. The van der Waals surface area contributed by atoms with Crippen LogP contribution >= 0.6 is 0 Å². The highest BCUT2D eigenvalue weighted by Crippen LogP contribution is 2.51. The standard InChI is InChI=1S/C38H36F4N4/c39-25-9-17-29(18-10-25)43-33-5-1-2-6-34(33)44(30-19-11-26(40)12-20-30)37(43)38-45(31-21-13-27(41)14-22-31)35-7-3-4-8-36(35)46(38)32-23-15-28(42)16-24-32/h9-24,33-36H,1-8H2. The van der Waals surface area contributed by atoms with Gasteiger partial charge in [-0.15, -0.1) is 0 Å². The fourth-order valence-electron chi connectivity index (χ4n) is 8.34. The van der Waals surface area contributed by atoms with Gasteiger partial charge in [-0.3, -0.25) is 0 Å². The summed E-state index contributed by atoms with van der Waals surface area (Å²) in [5.41, 5.74) is 3.49. The van der Waals surface area contributed by atoms with E-state index < -0.39 is 0 Å². The molecule has 236 valence electrons. The van der Waals surface area contributed by atoms with E-state index >= 15 is 0 Å². The number of fused-ring (bicyclic) bond motifs is 2. The summed E-state index contributed by atoms with van der Waals surface area (Å²) in [4.78, 5) is 9.41. The lowest BCUT2D eigenvalue weighted by atomic mass is 9.90. The van der Waals surface area contributed by atoms with Gasteiger partial charge in [-0.1, -0.05) is 25.7 Å². The van der Waals surface area contributed by atoms with Crippen LogP contribution in [0.5, 0.6) is 0 Å². The molecule has 2 saturated carbocycles. The molecule has 0 spiro atoms. The average Bonchev–Trinajstić information content (AvgIpc) is 3.60. The van der Waals surface area contributed by atoms with E-state index in [4.69, 9.17) is 0 Å². The molecule has 0 amide bonds. The van der Waals surface area contributed by atoms with Crippen molar-refractivity contribution in [2.24, 2.45) is 0 Å². The molecule has 4 atom stereocenters. The van der Waals surface area contributed by atoms with Gasteiger partial charge in [0.2, 0.25) is 0 Å². The van der Waals surface area contributed by atoms with E-state index in [0.717, 1.165) is 85.8 Å². The Morgan fingerprint density at radius 1 is 0.326 bits per heavy atom. The highest BCUT2D eigenvalue weighted by atomic mass is 19.1. The predicted molar refractivity (Wildman–Crippen MR) is 175 cm³/mol. The SMILES string of the molecule is Fc1ccc(N2C(=C3N(c4ccc(F)cc4)C4CCCCC4N3c3ccc(F)cc3)N(c3ccc(F)cc3)C3CCCCC32)cc1. The molecule has 4 aliphatic rings. The molecule has 0 radical (unpaired) electrons. The Kier molecular flexibility index (Phi) is 7.38. The zero-order valence-corrected chi connectivity index (χ0v) is 25.5. The Balaban J connectivity index is 1.46. The summed E-state index contributed by atoms with van der Waals surface area (Å²) >= 11 is 0. The third-order valence-electron chi connectivity index (χ3n) is 10.2. The van der Waals surface area contributed by atoms with Crippen molar-refractivity contribution in [1.82, 2.24) is 0 Å². The summed E-state index contributed by atoms with van der Waals surface area (Å²) in [5.74, 6) is 0.610. The van der Waals surface area contributed by atoms with Crippen molar-refractivity contribution in [2.45, 2.75) is 75.5 Å². The van der Waals surface area contributed by atoms with E-state index in [-0.39, 0.29) is 47.4 Å². The van der Waals surface area contributed by atoms with Gasteiger partial charge in [-0.25, -0.2) is 17.6 Å².